The molecule has 0 heterocycles. The fourth-order valence-electron chi connectivity index (χ4n) is 2.25. The van der Waals surface area contributed by atoms with Gasteiger partial charge in [-0.25, -0.2) is 0 Å². The highest BCUT2D eigenvalue weighted by Gasteiger charge is 2.25. The third kappa shape index (κ3) is 6.17. The summed E-state index contributed by atoms with van der Waals surface area (Å²) >= 11 is 0. The number of hydrogen-bond acceptors (Lipinski definition) is 3. The lowest BCUT2D eigenvalue weighted by molar-refractivity contribution is -0.124. The first-order valence-corrected chi connectivity index (χ1v) is 7.33. The second kappa shape index (κ2) is 7.46. The zero-order chi connectivity index (χ0) is 16.0. The van der Waals surface area contributed by atoms with Crippen LogP contribution in [0, 0.1) is 19.3 Å². The van der Waals surface area contributed by atoms with Crippen molar-refractivity contribution in [2.24, 2.45) is 5.41 Å². The molecule has 21 heavy (non-hydrogen) atoms. The highest BCUT2D eigenvalue weighted by molar-refractivity contribution is 5.77. The summed E-state index contributed by atoms with van der Waals surface area (Å²) in [6, 6.07) is 5.81. The Balaban J connectivity index is 2.56. The summed E-state index contributed by atoms with van der Waals surface area (Å²) in [5.74, 6) is 0.541. The van der Waals surface area contributed by atoms with E-state index in [1.807, 2.05) is 46.8 Å². The largest absolute Gasteiger partial charge is 0.484 e. The Kier molecular flexibility index (Phi) is 6.21. The molecule has 1 aromatic carbocycles. The molecule has 0 aliphatic rings. The molecule has 0 spiro atoms. The molecule has 0 aromatic heterocycles. The Morgan fingerprint density at radius 1 is 1.24 bits per heavy atom. The second-order valence-corrected chi connectivity index (χ2v) is 6.61. The summed E-state index contributed by atoms with van der Waals surface area (Å²) in [4.78, 5) is 12.0. The molecule has 1 atom stereocenters. The third-order valence-electron chi connectivity index (χ3n) is 3.36. The van der Waals surface area contributed by atoms with Gasteiger partial charge in [-0.2, -0.15) is 0 Å². The number of aliphatic hydroxyl groups is 1. The average molecular weight is 293 g/mol. The lowest BCUT2D eigenvalue weighted by Crippen LogP contribution is -2.46. The van der Waals surface area contributed by atoms with Gasteiger partial charge < -0.3 is 15.2 Å². The van der Waals surface area contributed by atoms with Crippen molar-refractivity contribution in [1.29, 1.82) is 0 Å². The highest BCUT2D eigenvalue weighted by atomic mass is 16.5. The van der Waals surface area contributed by atoms with E-state index in [-0.39, 0.29) is 30.6 Å². The zero-order valence-electron chi connectivity index (χ0n) is 13.7. The van der Waals surface area contributed by atoms with E-state index in [0.717, 1.165) is 11.1 Å². The average Bonchev–Trinajstić information content (AvgIpc) is 2.33. The number of carbonyl (C=O) groups excluding carboxylic acids is 1. The van der Waals surface area contributed by atoms with E-state index < -0.39 is 0 Å². The van der Waals surface area contributed by atoms with Crippen LogP contribution in [0.1, 0.15) is 38.3 Å². The standard InChI is InChI=1S/C17H27NO3/c1-12-8-13(2)10-14(9-12)21-11-16(20)18-15(6-7-19)17(3,4)5/h8-10,15,19H,6-7,11H2,1-5H3,(H,18,20). The lowest BCUT2D eigenvalue weighted by Gasteiger charge is -2.31. The Hall–Kier alpha value is -1.55. The molecule has 0 aliphatic carbocycles. The maximum absolute atomic E-state index is 12.0. The summed E-state index contributed by atoms with van der Waals surface area (Å²) < 4.78 is 5.55. The van der Waals surface area contributed by atoms with Gasteiger partial charge in [0.05, 0.1) is 0 Å². The van der Waals surface area contributed by atoms with Gasteiger partial charge in [0, 0.05) is 12.6 Å². The molecule has 4 heteroatoms. The molecule has 0 aliphatic heterocycles. The van der Waals surface area contributed by atoms with Crippen molar-refractivity contribution in [2.45, 2.75) is 47.1 Å². The minimum atomic E-state index is -0.164. The lowest BCUT2D eigenvalue weighted by atomic mass is 9.85. The summed E-state index contributed by atoms with van der Waals surface area (Å²) in [6.45, 7) is 10.2. The number of amides is 1. The molecule has 4 nitrogen and oxygen atoms in total. The zero-order valence-corrected chi connectivity index (χ0v) is 13.7. The van der Waals surface area contributed by atoms with Crippen LogP contribution < -0.4 is 10.1 Å². The van der Waals surface area contributed by atoms with Crippen LogP contribution >= 0.6 is 0 Å². The molecule has 0 fully saturated rings. The van der Waals surface area contributed by atoms with E-state index in [1.165, 1.54) is 0 Å². The molecular weight excluding hydrogens is 266 g/mol. The molecule has 1 unspecified atom stereocenters. The van der Waals surface area contributed by atoms with Crippen LogP contribution in [-0.2, 0) is 4.79 Å². The number of hydrogen-bond donors (Lipinski definition) is 2. The summed E-state index contributed by atoms with van der Waals surface area (Å²) in [5.41, 5.74) is 2.12. The van der Waals surface area contributed by atoms with Gasteiger partial charge in [-0.15, -0.1) is 0 Å². The molecule has 0 bridgehead atoms. The van der Waals surface area contributed by atoms with Crippen molar-refractivity contribution in [3.05, 3.63) is 29.3 Å². The maximum Gasteiger partial charge on any atom is 0.258 e. The molecular formula is C17H27NO3. The first-order valence-electron chi connectivity index (χ1n) is 7.33. The normalized spacial score (nSPS) is 12.9. The summed E-state index contributed by atoms with van der Waals surface area (Å²) in [5, 5.41) is 12.0. The monoisotopic (exact) mass is 293 g/mol. The van der Waals surface area contributed by atoms with Crippen LogP contribution in [-0.4, -0.2) is 30.3 Å². The van der Waals surface area contributed by atoms with Crippen molar-refractivity contribution in [3.63, 3.8) is 0 Å². The van der Waals surface area contributed by atoms with Crippen molar-refractivity contribution in [2.75, 3.05) is 13.2 Å². The van der Waals surface area contributed by atoms with Gasteiger partial charge in [-0.1, -0.05) is 26.8 Å². The van der Waals surface area contributed by atoms with Crippen LogP contribution in [0.15, 0.2) is 18.2 Å². The van der Waals surface area contributed by atoms with Gasteiger partial charge in [0.2, 0.25) is 0 Å². The SMILES string of the molecule is Cc1cc(C)cc(OCC(=O)NC(CCO)C(C)(C)C)c1. The van der Waals surface area contributed by atoms with Gasteiger partial charge in [-0.05, 0) is 48.9 Å². The van der Waals surface area contributed by atoms with E-state index in [9.17, 15) is 4.79 Å². The number of benzene rings is 1. The van der Waals surface area contributed by atoms with Crippen molar-refractivity contribution in [1.82, 2.24) is 5.32 Å². The fraction of sp³-hybridized carbons (Fsp3) is 0.588. The number of ether oxygens (including phenoxy) is 1. The first-order chi connectivity index (χ1) is 9.72. The Bertz CT molecular complexity index is 457. The Morgan fingerprint density at radius 3 is 2.29 bits per heavy atom. The van der Waals surface area contributed by atoms with E-state index in [2.05, 4.69) is 11.4 Å². The quantitative estimate of drug-likeness (QED) is 0.847. The van der Waals surface area contributed by atoms with Crippen LogP contribution in [0.25, 0.3) is 0 Å². The highest BCUT2D eigenvalue weighted by Crippen LogP contribution is 2.21. The number of rotatable bonds is 6. The molecule has 0 saturated carbocycles. The molecule has 0 radical (unpaired) electrons. The second-order valence-electron chi connectivity index (χ2n) is 6.61. The van der Waals surface area contributed by atoms with Crippen LogP contribution in [0.2, 0.25) is 0 Å². The fourth-order valence-corrected chi connectivity index (χ4v) is 2.25. The van der Waals surface area contributed by atoms with E-state index in [4.69, 9.17) is 9.84 Å². The number of nitrogens with one attached hydrogen (secondary N) is 1. The van der Waals surface area contributed by atoms with Gasteiger partial charge in [0.1, 0.15) is 5.75 Å². The van der Waals surface area contributed by atoms with Crippen LogP contribution in [0.3, 0.4) is 0 Å². The molecule has 1 rings (SSSR count). The van der Waals surface area contributed by atoms with Gasteiger partial charge in [-0.3, -0.25) is 4.79 Å². The van der Waals surface area contributed by atoms with Crippen molar-refractivity contribution >= 4 is 5.91 Å². The van der Waals surface area contributed by atoms with E-state index >= 15 is 0 Å². The van der Waals surface area contributed by atoms with E-state index in [1.54, 1.807) is 0 Å². The van der Waals surface area contributed by atoms with Crippen LogP contribution in [0.5, 0.6) is 5.75 Å². The number of aliphatic hydroxyl groups excluding tert-OH is 1. The number of carbonyl (C=O) groups is 1. The van der Waals surface area contributed by atoms with Gasteiger partial charge in [0.15, 0.2) is 6.61 Å². The smallest absolute Gasteiger partial charge is 0.258 e. The van der Waals surface area contributed by atoms with Gasteiger partial charge in [0.25, 0.3) is 5.91 Å². The maximum atomic E-state index is 12.0. The molecule has 0 saturated heterocycles. The van der Waals surface area contributed by atoms with E-state index in [0.29, 0.717) is 12.2 Å². The summed E-state index contributed by atoms with van der Waals surface area (Å²) in [7, 11) is 0. The minimum Gasteiger partial charge on any atom is -0.484 e. The number of aryl methyl sites for hydroxylation is 2. The Morgan fingerprint density at radius 2 is 1.81 bits per heavy atom. The van der Waals surface area contributed by atoms with Crippen LogP contribution in [0.4, 0.5) is 0 Å². The predicted molar refractivity (Wildman–Crippen MR) is 84.5 cm³/mol. The third-order valence-corrected chi connectivity index (χ3v) is 3.36. The molecule has 1 amide bonds. The van der Waals surface area contributed by atoms with Crippen molar-refractivity contribution in [3.8, 4) is 5.75 Å². The minimum absolute atomic E-state index is 0.0130. The predicted octanol–water partition coefficient (Wildman–Crippen LogP) is 2.60. The first kappa shape index (κ1) is 17.5. The Labute approximate surface area is 127 Å². The van der Waals surface area contributed by atoms with Crippen molar-refractivity contribution < 1.29 is 14.6 Å². The summed E-state index contributed by atoms with van der Waals surface area (Å²) in [6.07, 6.45) is 0.540. The van der Waals surface area contributed by atoms with Gasteiger partial charge >= 0.3 is 0 Å². The molecule has 2 N–H and O–H groups in total. The topological polar surface area (TPSA) is 58.6 Å². The molecule has 118 valence electrons. The molecule has 1 aromatic rings.